The Morgan fingerprint density at radius 3 is 2.16 bits per heavy atom. The molecule has 5 rings (SSSR count). The van der Waals surface area contributed by atoms with Gasteiger partial charge < -0.3 is 24.8 Å². The van der Waals surface area contributed by atoms with Crippen molar-refractivity contribution in [3.63, 3.8) is 0 Å². The van der Waals surface area contributed by atoms with E-state index in [1.807, 2.05) is 24.3 Å². The van der Waals surface area contributed by atoms with Crippen LogP contribution in [0.2, 0.25) is 0 Å². The molecule has 44 heavy (non-hydrogen) atoms. The average molecular weight is 611 g/mol. The van der Waals surface area contributed by atoms with Crippen LogP contribution in [0.3, 0.4) is 0 Å². The third-order valence-electron chi connectivity index (χ3n) is 8.29. The van der Waals surface area contributed by atoms with Crippen LogP contribution in [0.15, 0.2) is 72.8 Å². The third-order valence-corrected chi connectivity index (χ3v) is 8.29. The van der Waals surface area contributed by atoms with Gasteiger partial charge in [-0.3, -0.25) is 4.79 Å². The number of benzene rings is 3. The third kappa shape index (κ3) is 7.53. The fraction of sp³-hybridized carbons (Fsp3) is 0.412. The van der Waals surface area contributed by atoms with Crippen molar-refractivity contribution in [3.8, 4) is 11.5 Å². The summed E-state index contributed by atoms with van der Waals surface area (Å²) in [6.45, 7) is 8.39. The van der Waals surface area contributed by atoms with Gasteiger partial charge in [-0.15, -0.1) is 0 Å². The highest BCUT2D eigenvalue weighted by atomic mass is 19.4. The number of fused-ring (bicyclic) bond motifs is 1. The molecule has 2 unspecified atom stereocenters. The molecule has 1 amide bonds. The molecule has 1 heterocycles. The minimum absolute atomic E-state index is 0.00778. The van der Waals surface area contributed by atoms with Gasteiger partial charge >= 0.3 is 12.1 Å². The van der Waals surface area contributed by atoms with Crippen LogP contribution in [0, 0.1) is 11.8 Å². The van der Waals surface area contributed by atoms with Crippen molar-refractivity contribution in [1.82, 2.24) is 10.2 Å². The van der Waals surface area contributed by atoms with Crippen LogP contribution < -0.4 is 14.8 Å². The second-order valence-corrected chi connectivity index (χ2v) is 12.5. The molecule has 2 fully saturated rings. The number of nitrogens with one attached hydrogen (secondary N) is 1. The summed E-state index contributed by atoms with van der Waals surface area (Å²) in [6.07, 6.45) is -5.31. The molecule has 3 aromatic rings. The zero-order valence-electron chi connectivity index (χ0n) is 24.9. The summed E-state index contributed by atoms with van der Waals surface area (Å²) in [6, 6.07) is 19.6. The maximum atomic E-state index is 13.0. The minimum Gasteiger partial charge on any atom is -0.492 e. The zero-order valence-corrected chi connectivity index (χ0v) is 24.9. The molecule has 1 saturated carbocycles. The first-order valence-electron chi connectivity index (χ1n) is 14.7. The van der Waals surface area contributed by atoms with Gasteiger partial charge in [0.2, 0.25) is 0 Å². The van der Waals surface area contributed by atoms with Gasteiger partial charge in [-0.1, -0.05) is 51.1 Å². The fourth-order valence-corrected chi connectivity index (χ4v) is 5.71. The number of rotatable bonds is 11. The van der Waals surface area contributed by atoms with Crippen LogP contribution in [0.25, 0.3) is 0 Å². The van der Waals surface area contributed by atoms with E-state index in [0.717, 1.165) is 23.3 Å². The summed E-state index contributed by atoms with van der Waals surface area (Å²) >= 11 is 0. The van der Waals surface area contributed by atoms with Crippen molar-refractivity contribution in [2.45, 2.75) is 50.9 Å². The molecular weight excluding hydrogens is 573 g/mol. The zero-order chi connectivity index (χ0) is 31.6. The molecule has 234 valence electrons. The normalized spacial score (nSPS) is 20.1. The molecule has 2 N–H and O–H groups in total. The van der Waals surface area contributed by atoms with Crippen LogP contribution >= 0.6 is 0 Å². The summed E-state index contributed by atoms with van der Waals surface area (Å²) in [5.41, 5.74) is 1.18. The summed E-state index contributed by atoms with van der Waals surface area (Å²) in [5, 5.41) is 13.2. The van der Waals surface area contributed by atoms with Gasteiger partial charge in [-0.2, -0.15) is 13.2 Å². The Morgan fingerprint density at radius 1 is 0.932 bits per heavy atom. The summed E-state index contributed by atoms with van der Waals surface area (Å²) in [5.74, 6) is 0.325. The van der Waals surface area contributed by atoms with Gasteiger partial charge in [-0.05, 0) is 70.8 Å². The second-order valence-electron chi connectivity index (χ2n) is 12.5. The number of carbonyl (C=O) groups excluding carboxylic acids is 1. The number of hydrogen-bond acceptors (Lipinski definition) is 5. The van der Waals surface area contributed by atoms with E-state index in [1.54, 1.807) is 29.2 Å². The lowest BCUT2D eigenvalue weighted by Gasteiger charge is -2.21. The Kier molecular flexibility index (Phi) is 8.92. The van der Waals surface area contributed by atoms with Gasteiger partial charge in [0, 0.05) is 37.7 Å². The molecule has 3 aromatic carbocycles. The Bertz CT molecular complexity index is 1460. The number of halogens is 3. The first-order valence-corrected chi connectivity index (χ1v) is 14.7. The highest BCUT2D eigenvalue weighted by Crippen LogP contribution is 2.45. The molecule has 0 aromatic heterocycles. The standard InChI is InChI=1S/C34H37F3N2O5/c1-33(2,3)23-9-13-26(14-10-23)44-29(32(41)42)17-21-7-11-25(12-8-21)43-16-15-38-30-27-19-39(20-28(27)30)31(40)22-5-4-6-24(18-22)34(35,36)37/h4-14,18,27-30,38H,15-17,19-20H2,1-3H3,(H,41,42)/t27-,28?,29-,30?/m0/s1. The van der Waals surface area contributed by atoms with Crippen molar-refractivity contribution >= 4 is 11.9 Å². The van der Waals surface area contributed by atoms with Crippen LogP contribution in [-0.4, -0.2) is 60.3 Å². The maximum Gasteiger partial charge on any atom is 0.416 e. The molecule has 1 aliphatic heterocycles. The van der Waals surface area contributed by atoms with Crippen LogP contribution in [0.5, 0.6) is 11.5 Å². The van der Waals surface area contributed by atoms with Crippen LogP contribution in [-0.2, 0) is 22.8 Å². The monoisotopic (exact) mass is 610 g/mol. The number of aliphatic carboxylic acids is 1. The number of ether oxygens (including phenoxy) is 2. The predicted molar refractivity (Wildman–Crippen MR) is 159 cm³/mol. The number of amides is 1. The second kappa shape index (κ2) is 12.5. The number of hydrogen-bond donors (Lipinski definition) is 2. The number of likely N-dealkylation sites (tertiary alicyclic amines) is 1. The lowest BCUT2D eigenvalue weighted by atomic mass is 9.87. The Morgan fingerprint density at radius 2 is 1.57 bits per heavy atom. The van der Waals surface area contributed by atoms with Gasteiger partial charge in [-0.25, -0.2) is 4.79 Å². The van der Waals surface area contributed by atoms with E-state index in [9.17, 15) is 27.9 Å². The predicted octanol–water partition coefficient (Wildman–Crippen LogP) is 5.82. The molecule has 0 radical (unpaired) electrons. The van der Waals surface area contributed by atoms with Gasteiger partial charge in [0.25, 0.3) is 5.91 Å². The number of carboxylic acids is 1. The Balaban J connectivity index is 1.02. The van der Waals surface area contributed by atoms with E-state index < -0.39 is 23.8 Å². The van der Waals surface area contributed by atoms with E-state index in [4.69, 9.17) is 9.47 Å². The van der Waals surface area contributed by atoms with Crippen molar-refractivity contribution < 1.29 is 37.3 Å². The lowest BCUT2D eigenvalue weighted by molar-refractivity contribution is -0.145. The van der Waals surface area contributed by atoms with Gasteiger partial charge in [0.1, 0.15) is 18.1 Å². The van der Waals surface area contributed by atoms with Gasteiger partial charge in [0.15, 0.2) is 6.10 Å². The first-order chi connectivity index (χ1) is 20.8. The number of carboxylic acid groups (broad SMARTS) is 1. The largest absolute Gasteiger partial charge is 0.492 e. The highest BCUT2D eigenvalue weighted by Gasteiger charge is 2.56. The molecular formula is C34H37F3N2O5. The summed E-state index contributed by atoms with van der Waals surface area (Å²) in [7, 11) is 0. The van der Waals surface area contributed by atoms with Crippen LogP contribution in [0.1, 0.15) is 47.8 Å². The number of piperidine rings is 1. The van der Waals surface area contributed by atoms with E-state index in [-0.39, 0.29) is 41.2 Å². The molecule has 2 aliphatic rings. The molecule has 0 spiro atoms. The number of nitrogens with zero attached hydrogens (tertiary/aromatic N) is 1. The van der Waals surface area contributed by atoms with Crippen molar-refractivity contribution in [1.29, 1.82) is 0 Å². The molecule has 7 nitrogen and oxygen atoms in total. The fourth-order valence-electron chi connectivity index (χ4n) is 5.71. The van der Waals surface area contributed by atoms with Crippen molar-refractivity contribution in [2.75, 3.05) is 26.2 Å². The minimum atomic E-state index is -4.49. The quantitative estimate of drug-likeness (QED) is 0.266. The van der Waals surface area contributed by atoms with E-state index in [2.05, 4.69) is 26.1 Å². The molecule has 1 saturated heterocycles. The maximum absolute atomic E-state index is 13.0. The number of alkyl halides is 3. The first kappa shape index (κ1) is 31.4. The topological polar surface area (TPSA) is 88.1 Å². The van der Waals surface area contributed by atoms with Crippen molar-refractivity contribution in [2.24, 2.45) is 11.8 Å². The molecule has 4 atom stereocenters. The van der Waals surface area contributed by atoms with Crippen molar-refractivity contribution in [3.05, 3.63) is 95.1 Å². The smallest absolute Gasteiger partial charge is 0.416 e. The molecule has 1 aliphatic carbocycles. The lowest BCUT2D eigenvalue weighted by Crippen LogP contribution is -2.36. The van der Waals surface area contributed by atoms with E-state index in [0.29, 0.717) is 37.7 Å². The van der Waals surface area contributed by atoms with Gasteiger partial charge in [0.05, 0.1) is 5.56 Å². The Labute approximate surface area is 255 Å². The summed E-state index contributed by atoms with van der Waals surface area (Å²) < 4.78 is 50.6. The molecule has 0 bridgehead atoms. The highest BCUT2D eigenvalue weighted by molar-refractivity contribution is 5.94. The van der Waals surface area contributed by atoms with E-state index >= 15 is 0 Å². The van der Waals surface area contributed by atoms with Crippen LogP contribution in [0.4, 0.5) is 13.2 Å². The average Bonchev–Trinajstić information content (AvgIpc) is 3.42. The van der Waals surface area contributed by atoms with E-state index in [1.165, 1.54) is 12.1 Å². The molecule has 10 heteroatoms. The Hall–Kier alpha value is -4.05. The number of carbonyl (C=O) groups is 2. The summed E-state index contributed by atoms with van der Waals surface area (Å²) in [4.78, 5) is 26.2. The SMILES string of the molecule is CC(C)(C)c1ccc(O[C@@H](Cc2ccc(OCCNC3C4CN(C(=O)c5cccc(C(F)(F)F)c5)C[C@@H]43)cc2)C(=O)O)cc1.